The number of alkyl halides is 1. The highest BCUT2D eigenvalue weighted by Crippen LogP contribution is 2.53. The van der Waals surface area contributed by atoms with Gasteiger partial charge in [-0.1, -0.05) is 12.8 Å². The van der Waals surface area contributed by atoms with Gasteiger partial charge in [-0.2, -0.15) is 0 Å². The highest BCUT2D eigenvalue weighted by Gasteiger charge is 2.62. The summed E-state index contributed by atoms with van der Waals surface area (Å²) in [6.45, 7) is 8.45. The lowest BCUT2D eigenvalue weighted by molar-refractivity contribution is -0.220. The Labute approximate surface area is 306 Å². The van der Waals surface area contributed by atoms with Crippen LogP contribution >= 0.6 is 0 Å². The molecule has 9 rings (SSSR count). The van der Waals surface area contributed by atoms with Crippen molar-refractivity contribution in [3.63, 3.8) is 0 Å². The van der Waals surface area contributed by atoms with Crippen molar-refractivity contribution >= 4 is 17.6 Å². The van der Waals surface area contributed by atoms with Crippen LogP contribution in [0.1, 0.15) is 51.4 Å². The van der Waals surface area contributed by atoms with Crippen LogP contribution in [-0.2, 0) is 33.3 Å². The zero-order valence-corrected chi connectivity index (χ0v) is 30.4. The van der Waals surface area contributed by atoms with Gasteiger partial charge in [0.1, 0.15) is 6.17 Å². The summed E-state index contributed by atoms with van der Waals surface area (Å²) in [6, 6.07) is -1.00. The fraction of sp³-hybridized carbons (Fsp3) is 0.868. The Balaban J connectivity index is 0.944. The number of halogens is 1. The van der Waals surface area contributed by atoms with Gasteiger partial charge in [-0.3, -0.25) is 29.1 Å². The molecule has 5 saturated heterocycles. The van der Waals surface area contributed by atoms with E-state index in [1.165, 1.54) is 19.3 Å². The molecule has 0 aromatic rings. The molecule has 2 amide bonds. The van der Waals surface area contributed by atoms with Crippen LogP contribution < -0.4 is 10.6 Å². The lowest BCUT2D eigenvalue weighted by Crippen LogP contribution is -2.73. The third-order valence-corrected chi connectivity index (χ3v) is 14.0. The van der Waals surface area contributed by atoms with Crippen molar-refractivity contribution in [3.05, 3.63) is 11.8 Å². The van der Waals surface area contributed by atoms with Crippen LogP contribution in [-0.4, -0.2) is 177 Å². The molecule has 2 N–H and O–H groups in total. The molecule has 3 saturated carbocycles. The zero-order chi connectivity index (χ0) is 35.3. The molecule has 0 bridgehead atoms. The van der Waals surface area contributed by atoms with Gasteiger partial charge in [0.15, 0.2) is 5.78 Å². The molecule has 0 spiro atoms. The first-order valence-electron chi connectivity index (χ1n) is 20.3. The van der Waals surface area contributed by atoms with E-state index in [1.807, 2.05) is 6.20 Å². The van der Waals surface area contributed by atoms with Crippen LogP contribution in [0.4, 0.5) is 4.39 Å². The minimum atomic E-state index is -1.30. The average Bonchev–Trinajstić information content (AvgIpc) is 3.76. The van der Waals surface area contributed by atoms with Gasteiger partial charge in [-0.15, -0.1) is 0 Å². The van der Waals surface area contributed by atoms with Crippen molar-refractivity contribution in [1.29, 1.82) is 0 Å². The Morgan fingerprint density at radius 3 is 2.40 bits per heavy atom. The van der Waals surface area contributed by atoms with E-state index in [9.17, 15) is 14.4 Å². The fourth-order valence-electron chi connectivity index (χ4n) is 11.5. The standard InChI is InChI=1S/C38H57FN6O7/c39-28-17-26-34-37(35(28)44-7-5-23(20-44)41-33(46)22-43-11-15-50-16-12-43)52-32-18-25-24-3-1-2-4-30(24)51-31(25)19-29(32)45(34)21-27(36(26)47)38(48)40-6-8-42-9-13-49-14-10-42/h21,23-26,28-32,34-35,37H,1-20,22H2,(H,40,48)(H,41,46)/t23-,24?,25?,26?,28?,29?,30?,31?,32?,34?,35?,37?/m1/s1. The van der Waals surface area contributed by atoms with Crippen LogP contribution in [0.2, 0.25) is 0 Å². The smallest absolute Gasteiger partial charge is 0.256 e. The molecule has 12 atom stereocenters. The molecule has 14 heteroatoms. The summed E-state index contributed by atoms with van der Waals surface area (Å²) in [5, 5.41) is 6.23. The van der Waals surface area contributed by atoms with Gasteiger partial charge in [-0.05, 0) is 50.4 Å². The van der Waals surface area contributed by atoms with Crippen LogP contribution in [0, 0.1) is 17.8 Å². The van der Waals surface area contributed by atoms with Gasteiger partial charge in [0.2, 0.25) is 5.91 Å². The van der Waals surface area contributed by atoms with E-state index in [-0.39, 0.29) is 59.9 Å². The molecule has 0 aromatic heterocycles. The highest BCUT2D eigenvalue weighted by atomic mass is 19.1. The van der Waals surface area contributed by atoms with E-state index in [1.54, 1.807) is 0 Å². The van der Waals surface area contributed by atoms with Gasteiger partial charge in [-0.25, -0.2) is 4.39 Å². The summed E-state index contributed by atoms with van der Waals surface area (Å²) in [7, 11) is 0. The summed E-state index contributed by atoms with van der Waals surface area (Å²) in [5.74, 6) is -0.369. The number of hydrogen-bond donors (Lipinski definition) is 2. The summed E-state index contributed by atoms with van der Waals surface area (Å²) >= 11 is 0. The van der Waals surface area contributed by atoms with E-state index in [0.29, 0.717) is 77.1 Å². The second-order valence-corrected chi connectivity index (χ2v) is 16.8. The lowest BCUT2D eigenvalue weighted by atomic mass is 9.67. The number of likely N-dealkylation sites (tertiary alicyclic amines) is 1. The third-order valence-electron chi connectivity index (χ3n) is 14.0. The van der Waals surface area contributed by atoms with Crippen LogP contribution in [0.3, 0.4) is 0 Å². The molecular formula is C38H57FN6O7. The maximum atomic E-state index is 16.8. The maximum Gasteiger partial charge on any atom is 0.256 e. The van der Waals surface area contributed by atoms with Crippen LogP contribution in [0.25, 0.3) is 0 Å². The monoisotopic (exact) mass is 728 g/mol. The Morgan fingerprint density at radius 1 is 0.827 bits per heavy atom. The van der Waals surface area contributed by atoms with Crippen molar-refractivity contribution in [1.82, 2.24) is 30.2 Å². The number of ether oxygens (including phenoxy) is 4. The molecule has 0 aromatic carbocycles. The van der Waals surface area contributed by atoms with Crippen molar-refractivity contribution in [3.8, 4) is 0 Å². The SMILES string of the molecule is O=C(CN1CCOCC1)N[C@@H]1CCN(C2C(F)CC3C(=O)C(C(=O)NCCN4CCOCC4)=CN4C5CC6OC7CCCCC7C6CC5OC2C34)C1. The van der Waals surface area contributed by atoms with Crippen molar-refractivity contribution in [2.45, 2.75) is 106 Å². The molecule has 8 fully saturated rings. The van der Waals surface area contributed by atoms with E-state index in [4.69, 9.17) is 18.9 Å². The van der Waals surface area contributed by atoms with Gasteiger partial charge in [0.25, 0.3) is 5.91 Å². The quantitative estimate of drug-likeness (QED) is 0.336. The van der Waals surface area contributed by atoms with E-state index in [2.05, 4.69) is 30.2 Å². The summed E-state index contributed by atoms with van der Waals surface area (Å²) in [4.78, 5) is 49.7. The number of carbonyl (C=O) groups excluding carboxylic acids is 3. The number of nitrogens with one attached hydrogen (secondary N) is 2. The molecule has 0 radical (unpaired) electrons. The summed E-state index contributed by atoms with van der Waals surface area (Å²) < 4.78 is 41.5. The van der Waals surface area contributed by atoms with Crippen LogP contribution in [0.15, 0.2) is 11.8 Å². The molecule has 11 unspecified atom stereocenters. The number of fused-ring (bicyclic) bond motifs is 5. The summed E-state index contributed by atoms with van der Waals surface area (Å²) in [5.41, 5.74) is 0.139. The van der Waals surface area contributed by atoms with Crippen molar-refractivity contribution in [2.75, 3.05) is 85.3 Å². The number of amides is 2. The average molecular weight is 729 g/mol. The Bertz CT molecular complexity index is 1380. The van der Waals surface area contributed by atoms with Gasteiger partial charge in [0.05, 0.1) is 81.1 Å². The zero-order valence-electron chi connectivity index (χ0n) is 30.4. The summed E-state index contributed by atoms with van der Waals surface area (Å²) in [6.07, 6.45) is 7.48. The third kappa shape index (κ3) is 6.83. The fourth-order valence-corrected chi connectivity index (χ4v) is 11.5. The predicted molar refractivity (Wildman–Crippen MR) is 187 cm³/mol. The number of Topliss-reactive ketones (excluding diaryl/α,β-unsaturated/α-hetero) is 1. The second-order valence-electron chi connectivity index (χ2n) is 16.8. The molecule has 52 heavy (non-hydrogen) atoms. The molecule has 6 aliphatic heterocycles. The predicted octanol–water partition coefficient (Wildman–Crippen LogP) is 0.325. The molecule has 9 aliphatic rings. The van der Waals surface area contributed by atoms with Crippen molar-refractivity contribution < 1.29 is 37.7 Å². The number of rotatable bonds is 8. The first kappa shape index (κ1) is 35.5. The lowest BCUT2D eigenvalue weighted by Gasteiger charge is -2.61. The number of morpholine rings is 3. The Hall–Kier alpha value is -2.20. The Kier molecular flexibility index (Phi) is 10.3. The molecule has 13 nitrogen and oxygen atoms in total. The van der Waals surface area contributed by atoms with E-state index >= 15 is 4.39 Å². The van der Waals surface area contributed by atoms with Crippen molar-refractivity contribution in [2.24, 2.45) is 17.8 Å². The molecular weight excluding hydrogens is 671 g/mol. The van der Waals surface area contributed by atoms with Gasteiger partial charge in [0, 0.05) is 70.5 Å². The number of nitrogens with zero attached hydrogens (tertiary/aromatic N) is 4. The molecule has 6 heterocycles. The van der Waals surface area contributed by atoms with E-state index in [0.717, 1.165) is 51.9 Å². The molecule has 288 valence electrons. The normalized spacial score (nSPS) is 42.4. The largest absolute Gasteiger partial charge is 0.379 e. The minimum Gasteiger partial charge on any atom is -0.379 e. The number of ketones is 1. The van der Waals surface area contributed by atoms with Crippen LogP contribution in [0.5, 0.6) is 0 Å². The topological polar surface area (TPSA) is 125 Å². The highest BCUT2D eigenvalue weighted by molar-refractivity contribution is 6.20. The molecule has 3 aliphatic carbocycles. The number of hydrogen-bond acceptors (Lipinski definition) is 11. The second kappa shape index (κ2) is 15.1. The first-order valence-corrected chi connectivity index (χ1v) is 20.3. The Morgan fingerprint density at radius 2 is 1.60 bits per heavy atom. The number of carbonyl (C=O) groups is 3. The van der Waals surface area contributed by atoms with Gasteiger partial charge < -0.3 is 34.5 Å². The minimum absolute atomic E-state index is 0.00693. The van der Waals surface area contributed by atoms with Gasteiger partial charge >= 0.3 is 0 Å². The first-order chi connectivity index (χ1) is 25.4. The van der Waals surface area contributed by atoms with E-state index < -0.39 is 24.2 Å². The maximum absolute atomic E-state index is 16.8.